The third kappa shape index (κ3) is 4.40. The van der Waals surface area contributed by atoms with Crippen LogP contribution in [0.5, 0.6) is 5.75 Å². The van der Waals surface area contributed by atoms with Crippen LogP contribution in [0, 0.1) is 0 Å². The zero-order valence-corrected chi connectivity index (χ0v) is 17.1. The number of nitrogens with two attached hydrogens (primary N) is 1. The van der Waals surface area contributed by atoms with Gasteiger partial charge in [-0.1, -0.05) is 54.6 Å². The Morgan fingerprint density at radius 3 is 2.50 bits per heavy atom. The van der Waals surface area contributed by atoms with Crippen LogP contribution in [0.3, 0.4) is 0 Å². The van der Waals surface area contributed by atoms with Crippen molar-refractivity contribution in [2.24, 2.45) is 0 Å². The second-order valence-corrected chi connectivity index (χ2v) is 7.47. The lowest BCUT2D eigenvalue weighted by Crippen LogP contribution is -2.47. The van der Waals surface area contributed by atoms with Gasteiger partial charge >= 0.3 is 0 Å². The molecule has 156 valence electrons. The maximum atomic E-state index is 12.9. The molecule has 3 aromatic rings. The summed E-state index contributed by atoms with van der Waals surface area (Å²) in [4.78, 5) is 15.0. The molecule has 1 unspecified atom stereocenters. The Bertz CT molecular complexity index is 1020. The lowest BCUT2D eigenvalue weighted by Gasteiger charge is -2.31. The second kappa shape index (κ2) is 9.15. The quantitative estimate of drug-likeness (QED) is 0.612. The van der Waals surface area contributed by atoms with Gasteiger partial charge in [0.05, 0.1) is 30.6 Å². The summed E-state index contributed by atoms with van der Waals surface area (Å²) in [6.07, 6.45) is 0. The molecule has 1 saturated heterocycles. The molecular formula is C24H27N3O3. The van der Waals surface area contributed by atoms with Gasteiger partial charge in [-0.05, 0) is 12.5 Å². The Kier molecular flexibility index (Phi) is 6.16. The summed E-state index contributed by atoms with van der Waals surface area (Å²) in [5.74, 6) is 0.623. The number of hydrogen-bond donors (Lipinski definition) is 2. The van der Waals surface area contributed by atoms with Gasteiger partial charge in [0.2, 0.25) is 5.91 Å². The lowest BCUT2D eigenvalue weighted by atomic mass is 10.1. The fourth-order valence-corrected chi connectivity index (χ4v) is 3.72. The van der Waals surface area contributed by atoms with E-state index in [4.69, 9.17) is 15.2 Å². The zero-order valence-electron chi connectivity index (χ0n) is 17.1. The maximum absolute atomic E-state index is 12.9. The predicted molar refractivity (Wildman–Crippen MR) is 120 cm³/mol. The molecule has 6 heteroatoms. The summed E-state index contributed by atoms with van der Waals surface area (Å²) in [5, 5.41) is 4.83. The number of anilines is 2. The van der Waals surface area contributed by atoms with E-state index in [2.05, 4.69) is 10.2 Å². The van der Waals surface area contributed by atoms with E-state index in [1.54, 1.807) is 6.07 Å². The van der Waals surface area contributed by atoms with E-state index in [1.165, 1.54) is 0 Å². The number of carbonyl (C=O) groups excluding carboxylic acids is 1. The number of carbonyl (C=O) groups is 1. The van der Waals surface area contributed by atoms with Crippen molar-refractivity contribution in [3.8, 4) is 5.75 Å². The van der Waals surface area contributed by atoms with Gasteiger partial charge in [0.25, 0.3) is 0 Å². The standard InChI is InChI=1S/C24H27N3O3/c1-17(27-11-13-29-14-12-27)24(28)26-23-20-10-6-5-9-19(20)22(15-21(23)25)30-16-18-7-3-2-4-8-18/h2-10,15,17H,11-14,16,25H2,1H3,(H,26,28). The van der Waals surface area contributed by atoms with Gasteiger partial charge < -0.3 is 20.5 Å². The summed E-state index contributed by atoms with van der Waals surface area (Å²) < 4.78 is 11.5. The topological polar surface area (TPSA) is 76.8 Å². The van der Waals surface area contributed by atoms with Crippen molar-refractivity contribution in [3.05, 3.63) is 66.2 Å². The normalized spacial score (nSPS) is 15.6. The lowest BCUT2D eigenvalue weighted by molar-refractivity contribution is -0.122. The summed E-state index contributed by atoms with van der Waals surface area (Å²) in [7, 11) is 0. The van der Waals surface area contributed by atoms with Crippen molar-refractivity contribution in [1.29, 1.82) is 0 Å². The van der Waals surface area contributed by atoms with Crippen LogP contribution in [0.25, 0.3) is 10.8 Å². The van der Waals surface area contributed by atoms with Crippen LogP contribution in [-0.2, 0) is 16.1 Å². The van der Waals surface area contributed by atoms with Crippen LogP contribution < -0.4 is 15.8 Å². The van der Waals surface area contributed by atoms with Crippen molar-refractivity contribution >= 4 is 28.1 Å². The van der Waals surface area contributed by atoms with Crippen LogP contribution in [0.2, 0.25) is 0 Å². The SMILES string of the molecule is CC(C(=O)Nc1c(N)cc(OCc2ccccc2)c2ccccc12)N1CCOCC1. The molecule has 3 aromatic carbocycles. The smallest absolute Gasteiger partial charge is 0.241 e. The van der Waals surface area contributed by atoms with Gasteiger partial charge in [-0.25, -0.2) is 0 Å². The molecule has 1 amide bonds. The highest BCUT2D eigenvalue weighted by molar-refractivity contribution is 6.09. The number of morpholine rings is 1. The molecule has 1 heterocycles. The number of hydrogen-bond acceptors (Lipinski definition) is 5. The van der Waals surface area contributed by atoms with E-state index in [9.17, 15) is 4.79 Å². The van der Waals surface area contributed by atoms with Crippen molar-refractivity contribution in [1.82, 2.24) is 4.90 Å². The highest BCUT2D eigenvalue weighted by Crippen LogP contribution is 2.37. The highest BCUT2D eigenvalue weighted by atomic mass is 16.5. The first-order valence-electron chi connectivity index (χ1n) is 10.2. The van der Waals surface area contributed by atoms with Crippen LogP contribution in [0.4, 0.5) is 11.4 Å². The van der Waals surface area contributed by atoms with Crippen LogP contribution in [0.15, 0.2) is 60.7 Å². The zero-order chi connectivity index (χ0) is 20.9. The largest absolute Gasteiger partial charge is 0.488 e. The van der Waals surface area contributed by atoms with Gasteiger partial charge in [0.15, 0.2) is 0 Å². The molecule has 1 aliphatic rings. The van der Waals surface area contributed by atoms with E-state index in [-0.39, 0.29) is 11.9 Å². The molecule has 0 bridgehead atoms. The number of rotatable bonds is 6. The number of amides is 1. The Morgan fingerprint density at radius 2 is 1.77 bits per heavy atom. The minimum absolute atomic E-state index is 0.0771. The molecular weight excluding hydrogens is 378 g/mol. The van der Waals surface area contributed by atoms with E-state index in [0.29, 0.717) is 36.9 Å². The maximum Gasteiger partial charge on any atom is 0.241 e. The minimum atomic E-state index is -0.263. The molecule has 0 spiro atoms. The predicted octanol–water partition coefficient (Wildman–Crippen LogP) is 3.66. The highest BCUT2D eigenvalue weighted by Gasteiger charge is 2.24. The van der Waals surface area contributed by atoms with Crippen molar-refractivity contribution in [2.75, 3.05) is 37.4 Å². The molecule has 6 nitrogen and oxygen atoms in total. The van der Waals surface area contributed by atoms with Gasteiger partial charge in [-0.2, -0.15) is 0 Å². The molecule has 4 rings (SSSR count). The van der Waals surface area contributed by atoms with Crippen LogP contribution in [0.1, 0.15) is 12.5 Å². The average Bonchev–Trinajstić information content (AvgIpc) is 2.80. The molecule has 1 aliphatic heterocycles. The van der Waals surface area contributed by atoms with E-state index in [0.717, 1.165) is 29.4 Å². The number of nitrogens with one attached hydrogen (secondary N) is 1. The summed E-state index contributed by atoms with van der Waals surface area (Å²) in [5.41, 5.74) is 8.55. The first kappa shape index (κ1) is 20.2. The molecule has 0 aromatic heterocycles. The Balaban J connectivity index is 1.58. The van der Waals surface area contributed by atoms with Gasteiger partial charge in [0, 0.05) is 29.9 Å². The third-order valence-corrected chi connectivity index (χ3v) is 5.50. The second-order valence-electron chi connectivity index (χ2n) is 7.47. The van der Waals surface area contributed by atoms with Crippen LogP contribution >= 0.6 is 0 Å². The van der Waals surface area contributed by atoms with Crippen LogP contribution in [-0.4, -0.2) is 43.2 Å². The van der Waals surface area contributed by atoms with Gasteiger partial charge in [-0.3, -0.25) is 9.69 Å². The molecule has 0 radical (unpaired) electrons. The van der Waals surface area contributed by atoms with Gasteiger partial charge in [0.1, 0.15) is 12.4 Å². The number of nitrogens with zero attached hydrogens (tertiary/aromatic N) is 1. The number of nitrogen functional groups attached to an aromatic ring is 1. The fourth-order valence-electron chi connectivity index (χ4n) is 3.72. The average molecular weight is 405 g/mol. The summed E-state index contributed by atoms with van der Waals surface area (Å²) in [6, 6.07) is 19.3. The first-order chi connectivity index (χ1) is 14.6. The minimum Gasteiger partial charge on any atom is -0.488 e. The van der Waals surface area contributed by atoms with Crippen molar-refractivity contribution < 1.29 is 14.3 Å². The fraction of sp³-hybridized carbons (Fsp3) is 0.292. The third-order valence-electron chi connectivity index (χ3n) is 5.50. The first-order valence-corrected chi connectivity index (χ1v) is 10.2. The summed E-state index contributed by atoms with van der Waals surface area (Å²) in [6.45, 7) is 5.15. The number of fused-ring (bicyclic) bond motifs is 1. The Morgan fingerprint density at radius 1 is 1.10 bits per heavy atom. The monoisotopic (exact) mass is 405 g/mol. The molecule has 1 atom stereocenters. The van der Waals surface area contributed by atoms with Crippen molar-refractivity contribution in [3.63, 3.8) is 0 Å². The molecule has 3 N–H and O–H groups in total. The van der Waals surface area contributed by atoms with E-state index < -0.39 is 0 Å². The molecule has 0 saturated carbocycles. The molecule has 30 heavy (non-hydrogen) atoms. The summed E-state index contributed by atoms with van der Waals surface area (Å²) >= 11 is 0. The Labute approximate surface area is 176 Å². The number of ether oxygens (including phenoxy) is 2. The molecule has 1 fully saturated rings. The molecule has 0 aliphatic carbocycles. The number of benzene rings is 3. The van der Waals surface area contributed by atoms with E-state index in [1.807, 2.05) is 61.5 Å². The van der Waals surface area contributed by atoms with Crippen molar-refractivity contribution in [2.45, 2.75) is 19.6 Å². The Hall–Kier alpha value is -3.09. The van der Waals surface area contributed by atoms with Gasteiger partial charge in [-0.15, -0.1) is 0 Å². The van der Waals surface area contributed by atoms with E-state index >= 15 is 0 Å².